The van der Waals surface area contributed by atoms with Crippen LogP contribution in [0.1, 0.15) is 23.7 Å². The number of halogens is 1. The van der Waals surface area contributed by atoms with Crippen LogP contribution in [0.2, 0.25) is 0 Å². The molecule has 2 aromatic rings. The fourth-order valence-corrected chi connectivity index (χ4v) is 3.19. The van der Waals surface area contributed by atoms with Crippen molar-refractivity contribution in [1.29, 1.82) is 0 Å². The summed E-state index contributed by atoms with van der Waals surface area (Å²) in [4.78, 5) is 36.5. The fraction of sp³-hybridized carbons (Fsp3) is 0.353. The van der Waals surface area contributed by atoms with E-state index >= 15 is 0 Å². The molecule has 1 aliphatic heterocycles. The van der Waals surface area contributed by atoms with Crippen LogP contribution in [0.25, 0.3) is 10.9 Å². The summed E-state index contributed by atoms with van der Waals surface area (Å²) in [5, 5.41) is 9.89. The predicted octanol–water partition coefficient (Wildman–Crippen LogP) is 1.87. The lowest BCUT2D eigenvalue weighted by molar-refractivity contribution is -0.148. The number of carbonyl (C=O) groups is 3. The molecule has 24 heavy (non-hydrogen) atoms. The number of nitrogens with zero attached hydrogens (tertiary/aromatic N) is 2. The van der Waals surface area contributed by atoms with Crippen LogP contribution >= 0.6 is 0 Å². The van der Waals surface area contributed by atoms with Gasteiger partial charge in [0, 0.05) is 29.1 Å². The number of likely N-dealkylation sites (tertiary alicyclic amines) is 1. The van der Waals surface area contributed by atoms with E-state index in [0.717, 1.165) is 10.3 Å². The highest BCUT2D eigenvalue weighted by Crippen LogP contribution is 2.24. The molecule has 0 unspecified atom stereocenters. The highest BCUT2D eigenvalue weighted by Gasteiger charge is 2.39. The lowest BCUT2D eigenvalue weighted by Gasteiger charge is -2.21. The molecule has 1 N–H and O–H groups in total. The SMILES string of the molecule is CC(=O)c1cn(CC(=O)N2C[C@H](F)C[C@H]2C(=O)O)c2ccccc12. The minimum absolute atomic E-state index is 0.120. The molecule has 126 valence electrons. The van der Waals surface area contributed by atoms with Gasteiger partial charge in [0.05, 0.1) is 6.54 Å². The van der Waals surface area contributed by atoms with Gasteiger partial charge in [-0.3, -0.25) is 9.59 Å². The van der Waals surface area contributed by atoms with Crippen LogP contribution in [0.4, 0.5) is 4.39 Å². The molecule has 1 fully saturated rings. The van der Waals surface area contributed by atoms with Crippen molar-refractivity contribution in [2.45, 2.75) is 32.1 Å². The number of carbonyl (C=O) groups excluding carboxylic acids is 2. The minimum atomic E-state index is -1.33. The zero-order valence-corrected chi connectivity index (χ0v) is 13.1. The molecule has 1 amide bonds. The molecule has 1 aliphatic rings. The number of alkyl halides is 1. The second-order valence-corrected chi connectivity index (χ2v) is 5.98. The van der Waals surface area contributed by atoms with Crippen molar-refractivity contribution in [2.75, 3.05) is 6.54 Å². The van der Waals surface area contributed by atoms with Gasteiger partial charge in [0.15, 0.2) is 5.78 Å². The minimum Gasteiger partial charge on any atom is -0.480 e. The molecule has 0 radical (unpaired) electrons. The van der Waals surface area contributed by atoms with Crippen LogP contribution in [0.5, 0.6) is 0 Å². The number of benzene rings is 1. The van der Waals surface area contributed by atoms with E-state index in [1.165, 1.54) is 6.92 Å². The van der Waals surface area contributed by atoms with Crippen molar-refractivity contribution in [3.05, 3.63) is 36.0 Å². The van der Waals surface area contributed by atoms with E-state index in [-0.39, 0.29) is 25.3 Å². The first-order valence-corrected chi connectivity index (χ1v) is 7.63. The van der Waals surface area contributed by atoms with Gasteiger partial charge >= 0.3 is 5.97 Å². The van der Waals surface area contributed by atoms with Gasteiger partial charge in [0.1, 0.15) is 18.8 Å². The second kappa shape index (κ2) is 6.07. The van der Waals surface area contributed by atoms with Crippen molar-refractivity contribution in [2.24, 2.45) is 0 Å². The molecule has 7 heteroatoms. The Balaban J connectivity index is 1.91. The zero-order valence-electron chi connectivity index (χ0n) is 13.1. The Labute approximate surface area is 137 Å². The van der Waals surface area contributed by atoms with Gasteiger partial charge in [-0.1, -0.05) is 18.2 Å². The molecule has 0 spiro atoms. The van der Waals surface area contributed by atoms with E-state index < -0.39 is 24.1 Å². The molecule has 0 bridgehead atoms. The zero-order chi connectivity index (χ0) is 17.4. The maximum Gasteiger partial charge on any atom is 0.326 e. The number of rotatable bonds is 4. The Kier molecular flexibility index (Phi) is 4.09. The Bertz CT molecular complexity index is 829. The Hall–Kier alpha value is -2.70. The molecule has 3 rings (SSSR count). The van der Waals surface area contributed by atoms with Crippen LogP contribution in [-0.4, -0.2) is 51.0 Å². The third-order valence-electron chi connectivity index (χ3n) is 4.33. The standard InChI is InChI=1S/C17H17FN2O4/c1-10(21)13-8-19(14-5-3-2-4-12(13)14)9-16(22)20-7-11(18)6-15(20)17(23)24/h2-5,8,11,15H,6-7,9H2,1H3,(H,23,24)/t11-,15+/m1/s1. The van der Waals surface area contributed by atoms with Gasteiger partial charge in [-0.05, 0) is 13.0 Å². The Morgan fingerprint density at radius 3 is 2.67 bits per heavy atom. The first-order chi connectivity index (χ1) is 11.4. The summed E-state index contributed by atoms with van der Waals surface area (Å²) in [6.07, 6.45) is 0.0693. The van der Waals surface area contributed by atoms with E-state index in [1.54, 1.807) is 35.0 Å². The van der Waals surface area contributed by atoms with Gasteiger partial charge in [0.2, 0.25) is 5.91 Å². The highest BCUT2D eigenvalue weighted by atomic mass is 19.1. The Morgan fingerprint density at radius 2 is 2.00 bits per heavy atom. The molecular weight excluding hydrogens is 315 g/mol. The molecule has 0 aliphatic carbocycles. The van der Waals surface area contributed by atoms with Crippen molar-refractivity contribution in [1.82, 2.24) is 9.47 Å². The number of carboxylic acid groups (broad SMARTS) is 1. The van der Waals surface area contributed by atoms with Crippen molar-refractivity contribution < 1.29 is 23.9 Å². The number of Topliss-reactive ketones (excluding diaryl/α,β-unsaturated/α-hetero) is 1. The predicted molar refractivity (Wildman–Crippen MR) is 84.6 cm³/mol. The van der Waals surface area contributed by atoms with Crippen LogP contribution in [0, 0.1) is 0 Å². The summed E-state index contributed by atoms with van der Waals surface area (Å²) < 4.78 is 15.1. The van der Waals surface area contributed by atoms with Crippen LogP contribution in [-0.2, 0) is 16.1 Å². The van der Waals surface area contributed by atoms with Crippen molar-refractivity contribution >= 4 is 28.6 Å². The molecule has 0 saturated carbocycles. The van der Waals surface area contributed by atoms with E-state index in [9.17, 15) is 18.8 Å². The van der Waals surface area contributed by atoms with Gasteiger partial charge in [-0.25, -0.2) is 9.18 Å². The third-order valence-corrected chi connectivity index (χ3v) is 4.33. The van der Waals surface area contributed by atoms with Gasteiger partial charge < -0.3 is 14.6 Å². The van der Waals surface area contributed by atoms with Crippen LogP contribution in [0.3, 0.4) is 0 Å². The summed E-state index contributed by atoms with van der Waals surface area (Å²) in [5.41, 5.74) is 1.21. The number of amides is 1. The average Bonchev–Trinajstić information content (AvgIpc) is 3.09. The highest BCUT2D eigenvalue weighted by molar-refractivity contribution is 6.07. The topological polar surface area (TPSA) is 79.6 Å². The number of hydrogen-bond acceptors (Lipinski definition) is 3. The van der Waals surface area contributed by atoms with Gasteiger partial charge in [-0.2, -0.15) is 0 Å². The number of para-hydroxylation sites is 1. The normalized spacial score (nSPS) is 20.5. The molecule has 2 heterocycles. The maximum absolute atomic E-state index is 13.5. The van der Waals surface area contributed by atoms with Crippen molar-refractivity contribution in [3.8, 4) is 0 Å². The number of ketones is 1. The number of carboxylic acids is 1. The molecular formula is C17H17FN2O4. The summed E-state index contributed by atoms with van der Waals surface area (Å²) in [7, 11) is 0. The number of hydrogen-bond donors (Lipinski definition) is 1. The average molecular weight is 332 g/mol. The molecule has 1 aromatic heterocycles. The summed E-state index contributed by atoms with van der Waals surface area (Å²) >= 11 is 0. The van der Waals surface area contributed by atoms with E-state index in [4.69, 9.17) is 5.11 Å². The molecule has 2 atom stereocenters. The second-order valence-electron chi connectivity index (χ2n) is 5.98. The fourth-order valence-electron chi connectivity index (χ4n) is 3.19. The quantitative estimate of drug-likeness (QED) is 0.867. The molecule has 1 aromatic carbocycles. The third kappa shape index (κ3) is 2.77. The number of aromatic nitrogens is 1. The van der Waals surface area contributed by atoms with Crippen LogP contribution < -0.4 is 0 Å². The lowest BCUT2D eigenvalue weighted by atomic mass is 10.1. The lowest BCUT2D eigenvalue weighted by Crippen LogP contribution is -2.42. The number of fused-ring (bicyclic) bond motifs is 1. The van der Waals surface area contributed by atoms with E-state index in [2.05, 4.69) is 0 Å². The smallest absolute Gasteiger partial charge is 0.326 e. The first-order valence-electron chi connectivity index (χ1n) is 7.63. The summed E-state index contributed by atoms with van der Waals surface area (Å²) in [6.45, 7) is 1.10. The maximum atomic E-state index is 13.5. The van der Waals surface area contributed by atoms with E-state index in [1.807, 2.05) is 0 Å². The largest absolute Gasteiger partial charge is 0.480 e. The molecule has 1 saturated heterocycles. The Morgan fingerprint density at radius 1 is 1.29 bits per heavy atom. The van der Waals surface area contributed by atoms with Crippen molar-refractivity contribution in [3.63, 3.8) is 0 Å². The summed E-state index contributed by atoms with van der Waals surface area (Å²) in [5.74, 6) is -1.80. The number of aliphatic carboxylic acids is 1. The molecule has 6 nitrogen and oxygen atoms in total. The summed E-state index contributed by atoms with van der Waals surface area (Å²) in [6, 6.07) is 6.03. The van der Waals surface area contributed by atoms with Gasteiger partial charge in [0.25, 0.3) is 0 Å². The first kappa shape index (κ1) is 16.2. The van der Waals surface area contributed by atoms with Crippen LogP contribution in [0.15, 0.2) is 30.5 Å². The van der Waals surface area contributed by atoms with Gasteiger partial charge in [-0.15, -0.1) is 0 Å². The van der Waals surface area contributed by atoms with E-state index in [0.29, 0.717) is 11.1 Å². The monoisotopic (exact) mass is 332 g/mol.